The monoisotopic (exact) mass is 74.1 g/mol. The Bertz CT molecular complexity index is 93.3. The lowest BCUT2D eigenvalue weighted by atomic mass is 10.4. The van der Waals surface area contributed by atoms with Crippen molar-refractivity contribution in [1.29, 1.82) is 0 Å². The molecule has 0 aromatic rings. The number of nitrogens with one attached hydrogen (secondary N) is 1. The highest BCUT2D eigenvalue weighted by Crippen LogP contribution is 1.90. The number of hydrogen-bond donors (Lipinski definition) is 1. The topological polar surface area (TPSA) is 12.0 Å². The Hall–Kier alpha value is -0.0400. The molecule has 0 spiro atoms. The minimum Gasteiger partial charge on any atom is -0.317 e. The van der Waals surface area contributed by atoms with Crippen LogP contribution in [-0.4, -0.2) is 13.0 Å². The summed E-state index contributed by atoms with van der Waals surface area (Å²) in [5.74, 6) is 0. The summed E-state index contributed by atoms with van der Waals surface area (Å²) >= 11 is 0. The van der Waals surface area contributed by atoms with Gasteiger partial charge in [0, 0.05) is 4.11 Å². The third kappa shape index (κ3) is 0.618. The molecule has 1 atom stereocenters. The van der Waals surface area contributed by atoms with E-state index in [0.29, 0.717) is 13.0 Å². The fourth-order valence-corrected chi connectivity index (χ4v) is 0.361. The molecule has 1 saturated heterocycles. The van der Waals surface area contributed by atoms with Gasteiger partial charge in [0.25, 0.3) is 0 Å². The van der Waals surface area contributed by atoms with E-state index in [2.05, 4.69) is 5.32 Å². The van der Waals surface area contributed by atoms with Crippen molar-refractivity contribution < 1.29 is 4.11 Å². The summed E-state index contributed by atoms with van der Waals surface area (Å²) in [4.78, 5) is 0. The minimum absolute atomic E-state index is 0.567. The normalized spacial score (nSPS) is 57.6. The molecule has 1 N–H and O–H groups in total. The summed E-state index contributed by atoms with van der Waals surface area (Å²) in [5, 5.41) is 2.59. The van der Waals surface area contributed by atoms with Crippen molar-refractivity contribution in [3.05, 3.63) is 0 Å². The molecule has 1 unspecified atom stereocenters. The van der Waals surface area contributed by atoms with Gasteiger partial charge >= 0.3 is 0 Å². The predicted octanol–water partition coefficient (Wildman–Crippen LogP) is 0.370. The highest BCUT2D eigenvalue weighted by Gasteiger charge is 1.93. The molecule has 0 bridgehead atoms. The molecule has 1 heteroatoms. The van der Waals surface area contributed by atoms with Crippen LogP contribution in [-0.2, 0) is 0 Å². The number of rotatable bonds is 0. The smallest absolute Gasteiger partial charge is 0.0428 e. The lowest BCUT2D eigenvalue weighted by Crippen LogP contribution is -2.03. The molecule has 1 heterocycles. The van der Waals surface area contributed by atoms with Gasteiger partial charge in [-0.15, -0.1) is 0 Å². The third-order valence-electron chi connectivity index (χ3n) is 0.618. The van der Waals surface area contributed by atoms with Crippen LogP contribution in [0.25, 0.3) is 0 Å². The van der Waals surface area contributed by atoms with Gasteiger partial charge < -0.3 is 5.32 Å². The van der Waals surface area contributed by atoms with E-state index in [1.807, 2.05) is 0 Å². The Labute approximate surface area is 36.6 Å². The van der Waals surface area contributed by atoms with Gasteiger partial charge in [-0.1, -0.05) is 0 Å². The van der Waals surface area contributed by atoms with Crippen molar-refractivity contribution >= 4 is 0 Å². The Morgan fingerprint density at radius 2 is 2.80 bits per heavy atom. The van der Waals surface area contributed by atoms with Crippen molar-refractivity contribution in [2.45, 2.75) is 12.8 Å². The van der Waals surface area contributed by atoms with Gasteiger partial charge in [-0.2, -0.15) is 0 Å². The van der Waals surface area contributed by atoms with Crippen LogP contribution in [0.2, 0.25) is 0 Å². The average Bonchev–Trinajstić information content (AvgIpc) is 1.86. The molecular formula is C4H9N. The van der Waals surface area contributed by atoms with Crippen LogP contribution in [0.3, 0.4) is 0 Å². The molecule has 0 saturated carbocycles. The largest absolute Gasteiger partial charge is 0.317 e. The van der Waals surface area contributed by atoms with E-state index in [-0.39, 0.29) is 0 Å². The van der Waals surface area contributed by atoms with Crippen LogP contribution in [0, 0.1) is 0 Å². The van der Waals surface area contributed by atoms with Crippen LogP contribution in [0.4, 0.5) is 0 Å². The first-order chi connectivity index (χ1) is 3.63. The van der Waals surface area contributed by atoms with Gasteiger partial charge in [0.05, 0.1) is 0 Å². The summed E-state index contributed by atoms with van der Waals surface area (Å²) < 4.78 is 21.2. The Morgan fingerprint density at radius 1 is 1.80 bits per heavy atom. The quantitative estimate of drug-likeness (QED) is 0.437. The second kappa shape index (κ2) is 1.41. The van der Waals surface area contributed by atoms with Gasteiger partial charge in [-0.3, -0.25) is 0 Å². The summed E-state index contributed by atoms with van der Waals surface area (Å²) in [5.41, 5.74) is 0. The molecule has 5 heavy (non-hydrogen) atoms. The zero-order chi connectivity index (χ0) is 6.20. The highest BCUT2D eigenvalue weighted by molar-refractivity contribution is 4.55. The predicted molar refractivity (Wildman–Crippen MR) is 22.1 cm³/mol. The minimum atomic E-state index is -1.43. The maximum absolute atomic E-state index is 7.10. The first-order valence-electron chi connectivity index (χ1n) is 3.38. The zero-order valence-electron chi connectivity index (χ0n) is 5.99. The Morgan fingerprint density at radius 3 is 3.00 bits per heavy atom. The first-order valence-corrected chi connectivity index (χ1v) is 1.80. The van der Waals surface area contributed by atoms with Crippen LogP contribution in [0.1, 0.15) is 16.9 Å². The molecule has 1 aliphatic heterocycles. The number of hydrogen-bond acceptors (Lipinski definition) is 1. The summed E-state index contributed by atoms with van der Waals surface area (Å²) in [6, 6.07) is 0. The van der Waals surface area contributed by atoms with E-state index in [4.69, 9.17) is 4.11 Å². The third-order valence-corrected chi connectivity index (χ3v) is 0.618. The highest BCUT2D eigenvalue weighted by atomic mass is 14.9. The van der Waals surface area contributed by atoms with E-state index in [9.17, 15) is 0 Å². The van der Waals surface area contributed by atoms with Crippen molar-refractivity contribution in [3.8, 4) is 0 Å². The molecule has 0 radical (unpaired) electrons. The average molecular weight is 74.1 g/mol. The lowest BCUT2D eigenvalue weighted by Gasteiger charge is -1.76. The lowest BCUT2D eigenvalue weighted by molar-refractivity contribution is 0.857. The molecule has 0 aromatic heterocycles. The van der Waals surface area contributed by atoms with Gasteiger partial charge in [0.15, 0.2) is 0 Å². The van der Waals surface area contributed by atoms with Gasteiger partial charge in [0.1, 0.15) is 0 Å². The zero-order valence-corrected chi connectivity index (χ0v) is 2.99. The van der Waals surface area contributed by atoms with Crippen LogP contribution >= 0.6 is 0 Å². The molecule has 30 valence electrons. The van der Waals surface area contributed by atoms with E-state index in [1.54, 1.807) is 0 Å². The molecule has 0 aromatic carbocycles. The van der Waals surface area contributed by atoms with E-state index >= 15 is 0 Å². The van der Waals surface area contributed by atoms with Crippen molar-refractivity contribution in [2.24, 2.45) is 0 Å². The SMILES string of the molecule is [2H]C1CCNC1([2H])[2H]. The Kier molecular flexibility index (Phi) is 0.346. The second-order valence-corrected chi connectivity index (χ2v) is 1.06. The second-order valence-electron chi connectivity index (χ2n) is 1.06. The van der Waals surface area contributed by atoms with E-state index < -0.39 is 12.9 Å². The van der Waals surface area contributed by atoms with Crippen molar-refractivity contribution in [1.82, 2.24) is 5.32 Å². The van der Waals surface area contributed by atoms with Crippen LogP contribution < -0.4 is 5.32 Å². The fourth-order valence-electron chi connectivity index (χ4n) is 0.361. The fraction of sp³-hybridized carbons (Fsp3) is 1.00. The molecule has 1 rings (SSSR count). The van der Waals surface area contributed by atoms with Gasteiger partial charge in [0.2, 0.25) is 0 Å². The summed E-state index contributed by atoms with van der Waals surface area (Å²) in [6.07, 6.45) is 0.0648. The van der Waals surface area contributed by atoms with Gasteiger partial charge in [-0.05, 0) is 25.9 Å². The maximum Gasteiger partial charge on any atom is 0.0428 e. The van der Waals surface area contributed by atoms with Crippen molar-refractivity contribution in [2.75, 3.05) is 13.0 Å². The molecular weight excluding hydrogens is 62.1 g/mol. The molecule has 0 aliphatic carbocycles. The first kappa shape index (κ1) is 1.23. The van der Waals surface area contributed by atoms with Crippen molar-refractivity contribution in [3.63, 3.8) is 0 Å². The van der Waals surface area contributed by atoms with Crippen LogP contribution in [0.15, 0.2) is 0 Å². The molecule has 0 amide bonds. The van der Waals surface area contributed by atoms with E-state index in [1.165, 1.54) is 0 Å². The maximum atomic E-state index is 7.10. The summed E-state index contributed by atoms with van der Waals surface area (Å²) in [6.45, 7) is -0.791. The molecule has 1 aliphatic rings. The molecule has 1 fully saturated rings. The van der Waals surface area contributed by atoms with E-state index in [0.717, 1.165) is 0 Å². The van der Waals surface area contributed by atoms with Gasteiger partial charge in [-0.25, -0.2) is 0 Å². The standard InChI is InChI=1S/C4H9N/c1-2-4-5-3-1/h5H,1-4H2/i1D,3D2. The molecule has 1 nitrogen and oxygen atoms in total. The van der Waals surface area contributed by atoms with Crippen LogP contribution in [0.5, 0.6) is 0 Å². The Balaban J connectivity index is 2.54. The summed E-state index contributed by atoms with van der Waals surface area (Å²) in [7, 11) is 0.